The van der Waals surface area contributed by atoms with Crippen LogP contribution < -0.4 is 0 Å². The molecule has 1 aromatic carbocycles. The van der Waals surface area contributed by atoms with Gasteiger partial charge in [-0.2, -0.15) is 0 Å². The van der Waals surface area contributed by atoms with E-state index in [1.807, 2.05) is 13.8 Å². The first-order chi connectivity index (χ1) is 8.55. The van der Waals surface area contributed by atoms with Gasteiger partial charge in [-0.25, -0.2) is 0 Å². The zero-order valence-electron chi connectivity index (χ0n) is 13.0. The molecule has 0 spiro atoms. The van der Waals surface area contributed by atoms with Crippen molar-refractivity contribution >= 4 is 0 Å². The molecule has 2 heteroatoms. The first-order valence-corrected chi connectivity index (χ1v) is 7.05. The zero-order chi connectivity index (χ0) is 14.6. The number of hydrogen-bond acceptors (Lipinski definition) is 2. The minimum absolute atomic E-state index is 0.0819. The molecule has 0 aliphatic heterocycles. The second kappa shape index (κ2) is 4.32. The summed E-state index contributed by atoms with van der Waals surface area (Å²) >= 11 is 0. The van der Waals surface area contributed by atoms with E-state index in [9.17, 15) is 10.2 Å². The molecule has 0 saturated carbocycles. The van der Waals surface area contributed by atoms with E-state index in [-0.39, 0.29) is 5.41 Å². The SMILES string of the molecule is Cc1cc2c(c(C)c1C(O)O)C(C)(C)CC(C)(C)C2. The standard InChI is InChI=1S/C17H26O2/c1-10-7-12-8-16(3,4)9-17(5,6)14(12)11(2)13(10)15(18)19/h7,15,18-19H,8-9H2,1-6H3. The summed E-state index contributed by atoms with van der Waals surface area (Å²) in [6.07, 6.45) is 0.809. The highest BCUT2D eigenvalue weighted by Crippen LogP contribution is 2.48. The molecule has 2 N–H and O–H groups in total. The Morgan fingerprint density at radius 1 is 1.11 bits per heavy atom. The van der Waals surface area contributed by atoms with Crippen LogP contribution in [-0.4, -0.2) is 10.2 Å². The van der Waals surface area contributed by atoms with Gasteiger partial charge in [0.15, 0.2) is 6.29 Å². The van der Waals surface area contributed by atoms with Crippen molar-refractivity contribution in [1.29, 1.82) is 0 Å². The number of aliphatic hydroxyl groups excluding tert-OH is 1. The van der Waals surface area contributed by atoms with Crippen LogP contribution >= 0.6 is 0 Å². The van der Waals surface area contributed by atoms with Gasteiger partial charge in [0.1, 0.15) is 0 Å². The fourth-order valence-electron chi connectivity index (χ4n) is 4.42. The summed E-state index contributed by atoms with van der Waals surface area (Å²) in [6.45, 7) is 13.2. The lowest BCUT2D eigenvalue weighted by molar-refractivity contribution is -0.0435. The van der Waals surface area contributed by atoms with E-state index in [1.54, 1.807) is 0 Å². The van der Waals surface area contributed by atoms with Gasteiger partial charge in [0.05, 0.1) is 0 Å². The molecule has 19 heavy (non-hydrogen) atoms. The molecule has 0 bridgehead atoms. The van der Waals surface area contributed by atoms with Crippen LogP contribution in [0.15, 0.2) is 6.07 Å². The van der Waals surface area contributed by atoms with Crippen LogP contribution in [0.3, 0.4) is 0 Å². The highest BCUT2D eigenvalue weighted by atomic mass is 16.5. The van der Waals surface area contributed by atoms with Crippen LogP contribution in [0.1, 0.15) is 68.2 Å². The smallest absolute Gasteiger partial charge is 0.178 e. The summed E-state index contributed by atoms with van der Waals surface area (Å²) in [5.41, 5.74) is 5.81. The third kappa shape index (κ3) is 2.44. The van der Waals surface area contributed by atoms with Gasteiger partial charge in [0.2, 0.25) is 0 Å². The van der Waals surface area contributed by atoms with Crippen LogP contribution in [0.25, 0.3) is 0 Å². The summed E-state index contributed by atoms with van der Waals surface area (Å²) < 4.78 is 0. The molecule has 0 heterocycles. The van der Waals surface area contributed by atoms with Crippen LogP contribution in [0.2, 0.25) is 0 Å². The van der Waals surface area contributed by atoms with Crippen molar-refractivity contribution in [3.8, 4) is 0 Å². The second-order valence-corrected chi connectivity index (χ2v) is 7.54. The van der Waals surface area contributed by atoms with Crippen molar-refractivity contribution < 1.29 is 10.2 Å². The van der Waals surface area contributed by atoms with Gasteiger partial charge < -0.3 is 10.2 Å². The number of hydrogen-bond donors (Lipinski definition) is 2. The Morgan fingerprint density at radius 2 is 1.68 bits per heavy atom. The van der Waals surface area contributed by atoms with Crippen LogP contribution in [0, 0.1) is 19.3 Å². The fraction of sp³-hybridized carbons (Fsp3) is 0.647. The molecule has 2 rings (SSSR count). The highest BCUT2D eigenvalue weighted by molar-refractivity contribution is 5.50. The van der Waals surface area contributed by atoms with E-state index in [2.05, 4.69) is 33.8 Å². The number of rotatable bonds is 1. The highest BCUT2D eigenvalue weighted by Gasteiger charge is 2.39. The topological polar surface area (TPSA) is 40.5 Å². The summed E-state index contributed by atoms with van der Waals surface area (Å²) in [6, 6.07) is 2.15. The van der Waals surface area contributed by atoms with E-state index >= 15 is 0 Å². The van der Waals surface area contributed by atoms with Crippen molar-refractivity contribution in [2.24, 2.45) is 5.41 Å². The molecule has 0 fully saturated rings. The number of benzene rings is 1. The minimum Gasteiger partial charge on any atom is -0.364 e. The molecule has 1 aromatic rings. The van der Waals surface area contributed by atoms with Gasteiger partial charge in [-0.1, -0.05) is 33.8 Å². The number of aliphatic hydroxyl groups is 2. The first kappa shape index (κ1) is 14.5. The maximum atomic E-state index is 9.62. The minimum atomic E-state index is -1.38. The Labute approximate surface area is 116 Å². The van der Waals surface area contributed by atoms with Crippen LogP contribution in [-0.2, 0) is 11.8 Å². The zero-order valence-corrected chi connectivity index (χ0v) is 13.0. The molecule has 106 valence electrons. The predicted octanol–water partition coefficient (Wildman–Crippen LogP) is 3.54. The fourth-order valence-corrected chi connectivity index (χ4v) is 4.42. The molecule has 0 radical (unpaired) electrons. The third-order valence-corrected chi connectivity index (χ3v) is 4.44. The van der Waals surface area contributed by atoms with Crippen molar-refractivity contribution in [1.82, 2.24) is 0 Å². The van der Waals surface area contributed by atoms with Gasteiger partial charge in [-0.3, -0.25) is 0 Å². The van der Waals surface area contributed by atoms with E-state index in [0.29, 0.717) is 11.0 Å². The molecule has 0 unspecified atom stereocenters. The summed E-state index contributed by atoms with van der Waals surface area (Å²) in [5.74, 6) is 0. The average molecular weight is 262 g/mol. The average Bonchev–Trinajstić information content (AvgIpc) is 2.09. The molecule has 2 nitrogen and oxygen atoms in total. The van der Waals surface area contributed by atoms with Crippen LogP contribution in [0.5, 0.6) is 0 Å². The normalized spacial score (nSPS) is 20.5. The quantitative estimate of drug-likeness (QED) is 0.760. The van der Waals surface area contributed by atoms with Gasteiger partial charge in [-0.15, -0.1) is 0 Å². The van der Waals surface area contributed by atoms with Crippen molar-refractivity contribution in [3.63, 3.8) is 0 Å². The van der Waals surface area contributed by atoms with Crippen LogP contribution in [0.4, 0.5) is 0 Å². The maximum absolute atomic E-state index is 9.62. The second-order valence-electron chi connectivity index (χ2n) is 7.54. The summed E-state index contributed by atoms with van der Waals surface area (Å²) in [7, 11) is 0. The van der Waals surface area contributed by atoms with Crippen molar-refractivity contribution in [2.45, 2.75) is 66.1 Å². The summed E-state index contributed by atoms with van der Waals surface area (Å²) in [5, 5.41) is 19.2. The lowest BCUT2D eigenvalue weighted by Crippen LogP contribution is -2.36. The Kier molecular flexibility index (Phi) is 3.31. The summed E-state index contributed by atoms with van der Waals surface area (Å²) in [4.78, 5) is 0. The van der Waals surface area contributed by atoms with E-state index in [1.165, 1.54) is 11.1 Å². The monoisotopic (exact) mass is 262 g/mol. The largest absolute Gasteiger partial charge is 0.364 e. The van der Waals surface area contributed by atoms with E-state index in [4.69, 9.17) is 0 Å². The van der Waals surface area contributed by atoms with Gasteiger partial charge >= 0.3 is 0 Å². The third-order valence-electron chi connectivity index (χ3n) is 4.44. The lowest BCUT2D eigenvalue weighted by atomic mass is 9.61. The molecule has 0 amide bonds. The van der Waals surface area contributed by atoms with Crippen molar-refractivity contribution in [3.05, 3.63) is 33.9 Å². The van der Waals surface area contributed by atoms with Gasteiger partial charge in [-0.05, 0) is 59.8 Å². The van der Waals surface area contributed by atoms with E-state index in [0.717, 1.165) is 24.0 Å². The molecule has 0 saturated heterocycles. The van der Waals surface area contributed by atoms with Gasteiger partial charge in [0, 0.05) is 5.56 Å². The Hall–Kier alpha value is -0.860. The molecule has 1 aliphatic carbocycles. The number of aryl methyl sites for hydroxylation is 1. The molecular formula is C17H26O2. The molecule has 0 atom stereocenters. The first-order valence-electron chi connectivity index (χ1n) is 7.05. The Morgan fingerprint density at radius 3 is 2.21 bits per heavy atom. The maximum Gasteiger partial charge on any atom is 0.178 e. The lowest BCUT2D eigenvalue weighted by Gasteiger charge is -2.44. The molecular weight excluding hydrogens is 236 g/mol. The van der Waals surface area contributed by atoms with Crippen molar-refractivity contribution in [2.75, 3.05) is 0 Å². The predicted molar refractivity (Wildman–Crippen MR) is 78.2 cm³/mol. The Bertz CT molecular complexity index is 510. The Balaban J connectivity index is 2.72. The van der Waals surface area contributed by atoms with Gasteiger partial charge in [0.25, 0.3) is 0 Å². The molecule has 0 aromatic heterocycles. The molecule has 1 aliphatic rings. The number of fused-ring (bicyclic) bond motifs is 1. The van der Waals surface area contributed by atoms with E-state index < -0.39 is 6.29 Å².